The zero-order valence-corrected chi connectivity index (χ0v) is 15.6. The largest absolute Gasteiger partial charge is 0.497 e. The fourth-order valence-corrected chi connectivity index (χ4v) is 2.80. The molecule has 3 rings (SSSR count). The van der Waals surface area contributed by atoms with Gasteiger partial charge in [-0.3, -0.25) is 4.79 Å². The summed E-state index contributed by atoms with van der Waals surface area (Å²) in [7, 11) is 1.60. The highest BCUT2D eigenvalue weighted by molar-refractivity contribution is 5.95. The Morgan fingerprint density at radius 3 is 2.63 bits per heavy atom. The second kappa shape index (κ2) is 9.28. The zero-order chi connectivity index (χ0) is 19.1. The lowest BCUT2D eigenvalue weighted by Crippen LogP contribution is -2.30. The number of anilines is 1. The molecule has 0 spiro atoms. The van der Waals surface area contributed by atoms with E-state index in [4.69, 9.17) is 18.9 Å². The molecule has 2 atom stereocenters. The van der Waals surface area contributed by atoms with Gasteiger partial charge >= 0.3 is 0 Å². The van der Waals surface area contributed by atoms with Gasteiger partial charge in [-0.15, -0.1) is 0 Å². The quantitative estimate of drug-likeness (QED) is 0.767. The van der Waals surface area contributed by atoms with Crippen LogP contribution >= 0.6 is 0 Å². The number of para-hydroxylation sites is 2. The van der Waals surface area contributed by atoms with Crippen LogP contribution in [0.2, 0.25) is 0 Å². The summed E-state index contributed by atoms with van der Waals surface area (Å²) in [6.45, 7) is 2.97. The molecule has 2 aromatic carbocycles. The van der Waals surface area contributed by atoms with E-state index in [0.717, 1.165) is 25.2 Å². The van der Waals surface area contributed by atoms with E-state index in [1.54, 1.807) is 38.3 Å². The van der Waals surface area contributed by atoms with E-state index in [1.807, 2.05) is 24.3 Å². The van der Waals surface area contributed by atoms with Crippen LogP contribution in [0, 0.1) is 0 Å². The minimum absolute atomic E-state index is 0.117. The number of hydrogen-bond acceptors (Lipinski definition) is 5. The Kier molecular flexibility index (Phi) is 6.54. The number of rotatable bonds is 8. The van der Waals surface area contributed by atoms with Crippen LogP contribution in [0.4, 0.5) is 5.69 Å². The highest BCUT2D eigenvalue weighted by Gasteiger charge is 2.19. The summed E-state index contributed by atoms with van der Waals surface area (Å²) in [6.07, 6.45) is 1.52. The summed E-state index contributed by atoms with van der Waals surface area (Å²) >= 11 is 0. The molecule has 1 aliphatic rings. The Morgan fingerprint density at radius 1 is 1.19 bits per heavy atom. The SMILES string of the molecule is COc1ccc(OC(C)C(=O)Nc2ccccc2OCC2CCCO2)cc1. The smallest absolute Gasteiger partial charge is 0.265 e. The van der Waals surface area contributed by atoms with E-state index in [0.29, 0.717) is 23.8 Å². The number of hydrogen-bond donors (Lipinski definition) is 1. The molecule has 1 amide bonds. The molecular formula is C21H25NO5. The van der Waals surface area contributed by atoms with Gasteiger partial charge < -0.3 is 24.3 Å². The summed E-state index contributed by atoms with van der Waals surface area (Å²) in [5, 5.41) is 2.87. The molecule has 1 fully saturated rings. The van der Waals surface area contributed by atoms with Crippen LogP contribution in [0.25, 0.3) is 0 Å². The lowest BCUT2D eigenvalue weighted by Gasteiger charge is -2.18. The van der Waals surface area contributed by atoms with Gasteiger partial charge in [0, 0.05) is 6.61 Å². The normalized spacial score (nSPS) is 17.2. The first kappa shape index (κ1) is 19.0. The summed E-state index contributed by atoms with van der Waals surface area (Å²) in [5.41, 5.74) is 0.616. The second-order valence-electron chi connectivity index (χ2n) is 6.37. The lowest BCUT2D eigenvalue weighted by molar-refractivity contribution is -0.122. The van der Waals surface area contributed by atoms with Crippen molar-refractivity contribution >= 4 is 11.6 Å². The molecule has 6 heteroatoms. The number of carbonyl (C=O) groups is 1. The molecule has 0 bridgehead atoms. The summed E-state index contributed by atoms with van der Waals surface area (Å²) in [6, 6.07) is 14.5. The minimum Gasteiger partial charge on any atom is -0.497 e. The molecule has 6 nitrogen and oxygen atoms in total. The minimum atomic E-state index is -0.662. The van der Waals surface area contributed by atoms with E-state index < -0.39 is 6.10 Å². The van der Waals surface area contributed by atoms with Gasteiger partial charge in [-0.05, 0) is 56.2 Å². The van der Waals surface area contributed by atoms with Crippen molar-refractivity contribution in [2.24, 2.45) is 0 Å². The van der Waals surface area contributed by atoms with Crippen molar-refractivity contribution in [1.29, 1.82) is 0 Å². The van der Waals surface area contributed by atoms with Crippen LogP contribution in [-0.4, -0.2) is 38.4 Å². The Hall–Kier alpha value is -2.73. The predicted molar refractivity (Wildman–Crippen MR) is 103 cm³/mol. The number of carbonyl (C=O) groups excluding carboxylic acids is 1. The van der Waals surface area contributed by atoms with Crippen molar-refractivity contribution in [2.45, 2.75) is 32.0 Å². The fraction of sp³-hybridized carbons (Fsp3) is 0.381. The molecule has 1 heterocycles. The third-order valence-electron chi connectivity index (χ3n) is 4.34. The van der Waals surface area contributed by atoms with Gasteiger partial charge in [0.2, 0.25) is 0 Å². The number of benzene rings is 2. The fourth-order valence-electron chi connectivity index (χ4n) is 2.80. The van der Waals surface area contributed by atoms with Gasteiger partial charge in [0.1, 0.15) is 23.9 Å². The highest BCUT2D eigenvalue weighted by Crippen LogP contribution is 2.26. The van der Waals surface area contributed by atoms with E-state index in [-0.39, 0.29) is 12.0 Å². The number of methoxy groups -OCH3 is 1. The third kappa shape index (κ3) is 5.37. The van der Waals surface area contributed by atoms with E-state index in [9.17, 15) is 4.79 Å². The highest BCUT2D eigenvalue weighted by atomic mass is 16.5. The molecule has 1 aliphatic heterocycles. The maximum atomic E-state index is 12.5. The molecule has 27 heavy (non-hydrogen) atoms. The molecule has 0 saturated carbocycles. The van der Waals surface area contributed by atoms with Crippen LogP contribution in [0.5, 0.6) is 17.2 Å². The molecule has 0 aliphatic carbocycles. The molecule has 0 aromatic heterocycles. The van der Waals surface area contributed by atoms with Gasteiger partial charge in [0.15, 0.2) is 6.10 Å². The van der Waals surface area contributed by atoms with E-state index in [1.165, 1.54) is 0 Å². The van der Waals surface area contributed by atoms with Crippen molar-refractivity contribution in [1.82, 2.24) is 0 Å². The standard InChI is InChI=1S/C21H25NO5/c1-15(27-17-11-9-16(24-2)10-12-17)21(23)22-19-7-3-4-8-20(19)26-14-18-6-5-13-25-18/h3-4,7-12,15,18H,5-6,13-14H2,1-2H3,(H,22,23). The van der Waals surface area contributed by atoms with Gasteiger partial charge in [-0.1, -0.05) is 12.1 Å². The van der Waals surface area contributed by atoms with Crippen molar-refractivity contribution < 1.29 is 23.7 Å². The summed E-state index contributed by atoms with van der Waals surface area (Å²) in [4.78, 5) is 12.5. The van der Waals surface area contributed by atoms with Crippen LogP contribution < -0.4 is 19.5 Å². The number of amides is 1. The Labute approximate surface area is 159 Å². The molecule has 2 aromatic rings. The first-order valence-corrected chi connectivity index (χ1v) is 9.10. The number of nitrogens with one attached hydrogen (secondary N) is 1. The Bertz CT molecular complexity index is 740. The lowest BCUT2D eigenvalue weighted by atomic mass is 10.2. The Morgan fingerprint density at radius 2 is 1.93 bits per heavy atom. The molecule has 1 N–H and O–H groups in total. The van der Waals surface area contributed by atoms with Gasteiger partial charge in [0.05, 0.1) is 18.9 Å². The van der Waals surface area contributed by atoms with Crippen molar-refractivity contribution in [3.63, 3.8) is 0 Å². The molecule has 1 saturated heterocycles. The van der Waals surface area contributed by atoms with Crippen molar-refractivity contribution in [3.8, 4) is 17.2 Å². The second-order valence-corrected chi connectivity index (χ2v) is 6.37. The Balaban J connectivity index is 1.57. The maximum absolute atomic E-state index is 12.5. The van der Waals surface area contributed by atoms with Crippen molar-refractivity contribution in [3.05, 3.63) is 48.5 Å². The topological polar surface area (TPSA) is 66.0 Å². The first-order valence-electron chi connectivity index (χ1n) is 9.10. The van der Waals surface area contributed by atoms with E-state index >= 15 is 0 Å². The van der Waals surface area contributed by atoms with E-state index in [2.05, 4.69) is 5.32 Å². The average Bonchev–Trinajstić information content (AvgIpc) is 3.21. The van der Waals surface area contributed by atoms with Gasteiger partial charge in [-0.2, -0.15) is 0 Å². The molecule has 2 unspecified atom stereocenters. The van der Waals surface area contributed by atoms with Gasteiger partial charge in [-0.25, -0.2) is 0 Å². The molecular weight excluding hydrogens is 346 g/mol. The zero-order valence-electron chi connectivity index (χ0n) is 15.6. The molecule has 0 radical (unpaired) electrons. The van der Waals surface area contributed by atoms with Crippen molar-refractivity contribution in [2.75, 3.05) is 25.6 Å². The first-order chi connectivity index (χ1) is 13.2. The monoisotopic (exact) mass is 371 g/mol. The van der Waals surface area contributed by atoms with Crippen LogP contribution in [0.15, 0.2) is 48.5 Å². The van der Waals surface area contributed by atoms with Gasteiger partial charge in [0.25, 0.3) is 5.91 Å². The summed E-state index contributed by atoms with van der Waals surface area (Å²) < 4.78 is 22.2. The van der Waals surface area contributed by atoms with Crippen LogP contribution in [0.3, 0.4) is 0 Å². The molecule has 144 valence electrons. The maximum Gasteiger partial charge on any atom is 0.265 e. The average molecular weight is 371 g/mol. The summed E-state index contributed by atoms with van der Waals surface area (Å²) in [5.74, 6) is 1.70. The number of ether oxygens (including phenoxy) is 4. The van der Waals surface area contributed by atoms with Crippen LogP contribution in [-0.2, 0) is 9.53 Å². The van der Waals surface area contributed by atoms with Crippen LogP contribution in [0.1, 0.15) is 19.8 Å². The third-order valence-corrected chi connectivity index (χ3v) is 4.34. The predicted octanol–water partition coefficient (Wildman–Crippen LogP) is 3.66.